The number of ketones is 1. The van der Waals surface area contributed by atoms with Gasteiger partial charge in [-0.25, -0.2) is 0 Å². The average molecular weight is 241 g/mol. The standard InChI is InChI=1S/C16H19NO/c1-12(2)11-15(18)9-8-14-6-3-5-13-7-4-10-17-16(13)14/h3-7,10,12H,8-9,11H2,1-2H3. The van der Waals surface area contributed by atoms with Crippen molar-refractivity contribution in [1.29, 1.82) is 0 Å². The summed E-state index contributed by atoms with van der Waals surface area (Å²) < 4.78 is 0. The van der Waals surface area contributed by atoms with E-state index in [4.69, 9.17) is 0 Å². The number of carbonyl (C=O) groups excluding carboxylic acids is 1. The number of aryl methyl sites for hydroxylation is 1. The fourth-order valence-electron chi connectivity index (χ4n) is 2.20. The molecule has 2 aromatic rings. The highest BCUT2D eigenvalue weighted by Crippen LogP contribution is 2.18. The number of fused-ring (bicyclic) bond motifs is 1. The van der Waals surface area contributed by atoms with E-state index in [0.29, 0.717) is 24.5 Å². The molecule has 0 aliphatic rings. The molecular formula is C16H19NO. The Morgan fingerprint density at radius 2 is 2.00 bits per heavy atom. The van der Waals surface area contributed by atoms with Gasteiger partial charge in [0.05, 0.1) is 5.52 Å². The first-order valence-corrected chi connectivity index (χ1v) is 6.51. The zero-order valence-corrected chi connectivity index (χ0v) is 11.0. The van der Waals surface area contributed by atoms with Gasteiger partial charge < -0.3 is 0 Å². The molecule has 1 aromatic heterocycles. The number of Topliss-reactive ketones (excluding diaryl/α,β-unsaturated/α-hetero) is 1. The quantitative estimate of drug-likeness (QED) is 0.797. The molecule has 0 atom stereocenters. The third-order valence-corrected chi connectivity index (χ3v) is 3.03. The number of nitrogens with zero attached hydrogens (tertiary/aromatic N) is 1. The first-order chi connectivity index (χ1) is 8.66. The van der Waals surface area contributed by atoms with Crippen molar-refractivity contribution >= 4 is 16.7 Å². The van der Waals surface area contributed by atoms with Crippen molar-refractivity contribution in [3.05, 3.63) is 42.1 Å². The van der Waals surface area contributed by atoms with Crippen molar-refractivity contribution < 1.29 is 4.79 Å². The molecule has 1 aromatic carbocycles. The topological polar surface area (TPSA) is 30.0 Å². The molecular weight excluding hydrogens is 222 g/mol. The van der Waals surface area contributed by atoms with Crippen LogP contribution >= 0.6 is 0 Å². The first kappa shape index (κ1) is 12.7. The summed E-state index contributed by atoms with van der Waals surface area (Å²) in [6.07, 6.45) is 3.90. The maximum absolute atomic E-state index is 11.7. The van der Waals surface area contributed by atoms with E-state index < -0.39 is 0 Å². The van der Waals surface area contributed by atoms with Crippen LogP contribution in [0, 0.1) is 5.92 Å². The third kappa shape index (κ3) is 3.16. The second-order valence-electron chi connectivity index (χ2n) is 5.13. The lowest BCUT2D eigenvalue weighted by atomic mass is 9.99. The summed E-state index contributed by atoms with van der Waals surface area (Å²) in [5.74, 6) is 0.793. The molecule has 0 aliphatic carbocycles. The first-order valence-electron chi connectivity index (χ1n) is 6.51. The second kappa shape index (κ2) is 5.76. The van der Waals surface area contributed by atoms with Gasteiger partial charge >= 0.3 is 0 Å². The van der Waals surface area contributed by atoms with Gasteiger partial charge in [0.1, 0.15) is 5.78 Å². The lowest BCUT2D eigenvalue weighted by molar-refractivity contribution is -0.119. The van der Waals surface area contributed by atoms with Gasteiger partial charge in [-0.2, -0.15) is 0 Å². The normalized spacial score (nSPS) is 11.1. The van der Waals surface area contributed by atoms with Crippen LogP contribution in [0.2, 0.25) is 0 Å². The van der Waals surface area contributed by atoms with Gasteiger partial charge in [-0.15, -0.1) is 0 Å². The average Bonchev–Trinajstić information content (AvgIpc) is 2.35. The molecule has 0 fully saturated rings. The highest BCUT2D eigenvalue weighted by Gasteiger charge is 2.07. The number of carbonyl (C=O) groups is 1. The Bertz CT molecular complexity index is 540. The van der Waals surface area contributed by atoms with Gasteiger partial charge in [-0.1, -0.05) is 38.1 Å². The molecule has 0 radical (unpaired) electrons. The molecule has 2 rings (SSSR count). The Labute approximate surface area is 108 Å². The Balaban J connectivity index is 2.10. The van der Waals surface area contributed by atoms with E-state index in [2.05, 4.69) is 37.0 Å². The van der Waals surface area contributed by atoms with Gasteiger partial charge in [0.25, 0.3) is 0 Å². The summed E-state index contributed by atoms with van der Waals surface area (Å²) in [6, 6.07) is 10.2. The van der Waals surface area contributed by atoms with Crippen LogP contribution in [0.15, 0.2) is 36.5 Å². The number of hydrogen-bond acceptors (Lipinski definition) is 2. The predicted octanol–water partition coefficient (Wildman–Crippen LogP) is 3.78. The lowest BCUT2D eigenvalue weighted by Gasteiger charge is -2.06. The van der Waals surface area contributed by atoms with Crippen LogP contribution in [-0.2, 0) is 11.2 Å². The summed E-state index contributed by atoms with van der Waals surface area (Å²) in [7, 11) is 0. The van der Waals surface area contributed by atoms with Crippen LogP contribution in [-0.4, -0.2) is 10.8 Å². The summed E-state index contributed by atoms with van der Waals surface area (Å²) in [5.41, 5.74) is 2.20. The number of para-hydroxylation sites is 1. The van der Waals surface area contributed by atoms with Gasteiger partial charge in [-0.3, -0.25) is 9.78 Å². The van der Waals surface area contributed by atoms with Crippen molar-refractivity contribution in [2.45, 2.75) is 33.1 Å². The third-order valence-electron chi connectivity index (χ3n) is 3.03. The van der Waals surface area contributed by atoms with Crippen molar-refractivity contribution in [3.63, 3.8) is 0 Å². The summed E-state index contributed by atoms with van der Waals surface area (Å²) in [6.45, 7) is 4.16. The van der Waals surface area contributed by atoms with E-state index in [1.165, 1.54) is 5.56 Å². The zero-order chi connectivity index (χ0) is 13.0. The van der Waals surface area contributed by atoms with Crippen LogP contribution < -0.4 is 0 Å². The van der Waals surface area contributed by atoms with E-state index in [-0.39, 0.29) is 0 Å². The smallest absolute Gasteiger partial charge is 0.133 e. The second-order valence-corrected chi connectivity index (χ2v) is 5.13. The molecule has 2 nitrogen and oxygen atoms in total. The number of pyridine rings is 1. The molecule has 1 heterocycles. The molecule has 0 unspecified atom stereocenters. The highest BCUT2D eigenvalue weighted by atomic mass is 16.1. The number of hydrogen-bond donors (Lipinski definition) is 0. The molecule has 0 saturated carbocycles. The van der Waals surface area contributed by atoms with Crippen molar-refractivity contribution in [2.75, 3.05) is 0 Å². The Kier molecular flexibility index (Phi) is 4.08. The fraction of sp³-hybridized carbons (Fsp3) is 0.375. The van der Waals surface area contributed by atoms with E-state index in [0.717, 1.165) is 17.3 Å². The SMILES string of the molecule is CC(C)CC(=O)CCc1cccc2cccnc12. The van der Waals surface area contributed by atoms with Gasteiger partial charge in [-0.05, 0) is 24.0 Å². The van der Waals surface area contributed by atoms with Crippen molar-refractivity contribution in [2.24, 2.45) is 5.92 Å². The van der Waals surface area contributed by atoms with Gasteiger partial charge in [0.2, 0.25) is 0 Å². The molecule has 0 N–H and O–H groups in total. The van der Waals surface area contributed by atoms with E-state index in [1.54, 1.807) is 0 Å². The van der Waals surface area contributed by atoms with Gasteiger partial charge in [0, 0.05) is 24.4 Å². The minimum atomic E-state index is 0.345. The van der Waals surface area contributed by atoms with Crippen LogP contribution in [0.3, 0.4) is 0 Å². The maximum atomic E-state index is 11.7. The molecule has 2 heteroatoms. The minimum Gasteiger partial charge on any atom is -0.300 e. The van der Waals surface area contributed by atoms with E-state index in [9.17, 15) is 4.79 Å². The van der Waals surface area contributed by atoms with Crippen LogP contribution in [0.5, 0.6) is 0 Å². The van der Waals surface area contributed by atoms with Gasteiger partial charge in [0.15, 0.2) is 0 Å². The van der Waals surface area contributed by atoms with Crippen LogP contribution in [0.1, 0.15) is 32.3 Å². The van der Waals surface area contributed by atoms with Crippen molar-refractivity contribution in [3.8, 4) is 0 Å². The fourth-order valence-corrected chi connectivity index (χ4v) is 2.20. The molecule has 0 aliphatic heterocycles. The monoisotopic (exact) mass is 241 g/mol. The summed E-state index contributed by atoms with van der Waals surface area (Å²) in [5, 5.41) is 1.14. The maximum Gasteiger partial charge on any atom is 0.133 e. The van der Waals surface area contributed by atoms with Crippen LogP contribution in [0.25, 0.3) is 10.9 Å². The summed E-state index contributed by atoms with van der Waals surface area (Å²) in [4.78, 5) is 16.2. The predicted molar refractivity (Wildman–Crippen MR) is 74.5 cm³/mol. The number of benzene rings is 1. The molecule has 94 valence electrons. The molecule has 18 heavy (non-hydrogen) atoms. The van der Waals surface area contributed by atoms with Crippen LogP contribution in [0.4, 0.5) is 0 Å². The van der Waals surface area contributed by atoms with E-state index in [1.807, 2.05) is 18.3 Å². The lowest BCUT2D eigenvalue weighted by Crippen LogP contribution is -2.04. The van der Waals surface area contributed by atoms with E-state index >= 15 is 0 Å². The largest absolute Gasteiger partial charge is 0.300 e. The Hall–Kier alpha value is -1.70. The Morgan fingerprint density at radius 1 is 1.22 bits per heavy atom. The summed E-state index contributed by atoms with van der Waals surface area (Å²) >= 11 is 0. The molecule has 0 spiro atoms. The number of aromatic nitrogens is 1. The minimum absolute atomic E-state index is 0.345. The molecule has 0 saturated heterocycles. The zero-order valence-electron chi connectivity index (χ0n) is 11.0. The molecule has 0 bridgehead atoms. The Morgan fingerprint density at radius 3 is 2.78 bits per heavy atom. The highest BCUT2D eigenvalue weighted by molar-refractivity contribution is 5.83. The van der Waals surface area contributed by atoms with Crippen molar-refractivity contribution in [1.82, 2.24) is 4.98 Å². The number of rotatable bonds is 5. The molecule has 0 amide bonds.